The number of carbonyl (C=O) groups excluding carboxylic acids is 6. The zero-order valence-corrected chi connectivity index (χ0v) is 37.5. The number of aryl methyl sites for hydroxylation is 2. The maximum absolute atomic E-state index is 14.3. The summed E-state index contributed by atoms with van der Waals surface area (Å²) in [6.07, 6.45) is 6.90. The molecule has 2 fully saturated rings. The standard InChI is InChI=1S/C48H66N8O7/c1-30(49-4)43(57)53-39(47(61)55-27-14-25-40(55)45(59)51-37-23-12-18-33-16-6-8-20-35(33)37)22-10-11-29-63-32(3)42(54-44(58)31(2)50-5)48(62)56-28-15-26-41(56)46(60)52-38-24-13-19-34-17-7-9-21-36(34)38/h6-9,16-17,20-21,30-32,37-42,49-50H,12-15,18-19,22-29H2,1-5H3,(H,51,59)(H,52,60)(H,53,57)(H,54,58)/t30-,31-,32+,37+,38+,39-,40-,41-,42-/m0/s1. The van der Waals surface area contributed by atoms with E-state index >= 15 is 0 Å². The van der Waals surface area contributed by atoms with Crippen LogP contribution in [0.15, 0.2) is 48.5 Å². The second kappa shape index (κ2) is 22.4. The van der Waals surface area contributed by atoms with Crippen LogP contribution >= 0.6 is 0 Å². The number of benzene rings is 2. The second-order valence-electron chi connectivity index (χ2n) is 17.3. The lowest BCUT2D eigenvalue weighted by Crippen LogP contribution is -2.59. The second-order valence-corrected chi connectivity index (χ2v) is 17.3. The predicted molar refractivity (Wildman–Crippen MR) is 239 cm³/mol. The van der Waals surface area contributed by atoms with Gasteiger partial charge in [0.2, 0.25) is 35.4 Å². The summed E-state index contributed by atoms with van der Waals surface area (Å²) in [6, 6.07) is 11.3. The van der Waals surface area contributed by atoms with Crippen molar-refractivity contribution in [2.75, 3.05) is 33.8 Å². The van der Waals surface area contributed by atoms with Gasteiger partial charge in [-0.2, -0.15) is 0 Å². The van der Waals surface area contributed by atoms with Crippen LogP contribution in [-0.2, 0) is 46.3 Å². The van der Waals surface area contributed by atoms with Gasteiger partial charge in [0.1, 0.15) is 30.8 Å². The average Bonchev–Trinajstić information content (AvgIpc) is 4.01. The number of likely N-dealkylation sites (N-methyl/N-ethyl adjacent to an activating group) is 2. The first-order valence-electron chi connectivity index (χ1n) is 22.8. The molecule has 15 nitrogen and oxygen atoms in total. The molecule has 6 N–H and O–H groups in total. The summed E-state index contributed by atoms with van der Waals surface area (Å²) in [7, 11) is 3.30. The molecule has 0 bridgehead atoms. The Morgan fingerprint density at radius 2 is 1.14 bits per heavy atom. The van der Waals surface area contributed by atoms with E-state index in [4.69, 9.17) is 4.74 Å². The van der Waals surface area contributed by atoms with Crippen molar-refractivity contribution in [1.29, 1.82) is 0 Å². The fourth-order valence-electron chi connectivity index (χ4n) is 9.24. The van der Waals surface area contributed by atoms with E-state index in [0.717, 1.165) is 49.7 Å². The van der Waals surface area contributed by atoms with Crippen LogP contribution in [0.25, 0.3) is 0 Å². The number of amides is 6. The van der Waals surface area contributed by atoms with Crippen molar-refractivity contribution < 1.29 is 33.5 Å². The molecule has 0 radical (unpaired) electrons. The Morgan fingerprint density at radius 1 is 0.651 bits per heavy atom. The van der Waals surface area contributed by atoms with Crippen LogP contribution in [0.3, 0.4) is 0 Å². The van der Waals surface area contributed by atoms with Crippen LogP contribution in [0.1, 0.15) is 113 Å². The molecular weight excluding hydrogens is 801 g/mol. The van der Waals surface area contributed by atoms with E-state index in [1.807, 2.05) is 30.3 Å². The van der Waals surface area contributed by atoms with Gasteiger partial charge in [-0.1, -0.05) is 60.4 Å². The summed E-state index contributed by atoms with van der Waals surface area (Å²) in [4.78, 5) is 85.5. The number of rotatable bonds is 16. The molecule has 63 heavy (non-hydrogen) atoms. The Bertz CT molecular complexity index is 2030. The van der Waals surface area contributed by atoms with E-state index in [0.29, 0.717) is 38.8 Å². The third-order valence-corrected chi connectivity index (χ3v) is 13.2. The van der Waals surface area contributed by atoms with Crippen LogP contribution in [0.4, 0.5) is 0 Å². The summed E-state index contributed by atoms with van der Waals surface area (Å²) >= 11 is 0. The first-order chi connectivity index (χ1) is 30.4. The van der Waals surface area contributed by atoms with Gasteiger partial charge in [-0.05, 0) is 121 Å². The molecule has 15 heteroatoms. The van der Waals surface area contributed by atoms with Gasteiger partial charge >= 0.3 is 0 Å². The smallest absolute Gasteiger partial charge is 0.248 e. The number of fused-ring (bicyclic) bond motifs is 2. The van der Waals surface area contributed by atoms with Crippen molar-refractivity contribution in [3.8, 4) is 11.8 Å². The van der Waals surface area contributed by atoms with Gasteiger partial charge in [0.05, 0.1) is 30.3 Å². The van der Waals surface area contributed by atoms with Crippen molar-refractivity contribution >= 4 is 35.4 Å². The third kappa shape index (κ3) is 11.6. The molecule has 2 aromatic carbocycles. The van der Waals surface area contributed by atoms with Crippen LogP contribution in [0, 0.1) is 11.8 Å². The van der Waals surface area contributed by atoms with E-state index in [-0.39, 0.29) is 48.7 Å². The summed E-state index contributed by atoms with van der Waals surface area (Å²) in [5.74, 6) is 3.90. The van der Waals surface area contributed by atoms with Crippen molar-refractivity contribution in [3.05, 3.63) is 70.8 Å². The van der Waals surface area contributed by atoms with Crippen LogP contribution in [-0.4, -0.2) is 121 Å². The molecule has 2 saturated heterocycles. The van der Waals surface area contributed by atoms with Crippen molar-refractivity contribution in [2.45, 2.75) is 146 Å². The maximum atomic E-state index is 14.3. The molecule has 2 aliphatic heterocycles. The SMILES string of the molecule is CN[C@@H](C)C(=O)N[C@@H](CC#CCO[C@H](C)[C@H](NC(=O)[C@H](C)NC)C(=O)N1CCC[C@H]1C(=O)N[C@@H]1CCCc2ccccc21)C(=O)N1CCC[C@H]1C(=O)N[C@@H]1CCCc2ccccc21. The third-order valence-electron chi connectivity index (χ3n) is 13.2. The number of likely N-dealkylation sites (tertiary alicyclic amines) is 2. The molecule has 6 rings (SSSR count). The van der Waals surface area contributed by atoms with Gasteiger partial charge < -0.3 is 46.4 Å². The maximum Gasteiger partial charge on any atom is 0.248 e. The molecule has 0 saturated carbocycles. The number of ether oxygens (including phenoxy) is 1. The number of hydrogen-bond donors (Lipinski definition) is 6. The first kappa shape index (κ1) is 47.2. The van der Waals surface area contributed by atoms with Crippen molar-refractivity contribution in [3.63, 3.8) is 0 Å². The summed E-state index contributed by atoms with van der Waals surface area (Å²) in [6.45, 7) is 5.64. The fourth-order valence-corrected chi connectivity index (χ4v) is 9.24. The van der Waals surface area contributed by atoms with Gasteiger partial charge in [-0.15, -0.1) is 0 Å². The van der Waals surface area contributed by atoms with Crippen LogP contribution in [0.2, 0.25) is 0 Å². The van der Waals surface area contributed by atoms with Gasteiger partial charge in [-0.3, -0.25) is 28.8 Å². The van der Waals surface area contributed by atoms with Crippen molar-refractivity contribution in [2.24, 2.45) is 0 Å². The Balaban J connectivity index is 1.10. The minimum atomic E-state index is -1.11. The van der Waals surface area contributed by atoms with E-state index in [2.05, 4.69) is 61.9 Å². The zero-order valence-electron chi connectivity index (χ0n) is 37.5. The Hall–Kier alpha value is -5.30. The van der Waals surface area contributed by atoms with Gasteiger partial charge in [0.25, 0.3) is 0 Å². The van der Waals surface area contributed by atoms with Gasteiger partial charge in [0, 0.05) is 19.5 Å². The van der Waals surface area contributed by atoms with Crippen LogP contribution < -0.4 is 31.9 Å². The number of hydrogen-bond acceptors (Lipinski definition) is 9. The lowest BCUT2D eigenvalue weighted by atomic mass is 9.87. The molecule has 9 atom stereocenters. The summed E-state index contributed by atoms with van der Waals surface area (Å²) in [5.41, 5.74) is 4.67. The van der Waals surface area contributed by atoms with Crippen LogP contribution in [0.5, 0.6) is 0 Å². The number of carbonyl (C=O) groups is 6. The summed E-state index contributed by atoms with van der Waals surface area (Å²) < 4.78 is 6.08. The lowest BCUT2D eigenvalue weighted by molar-refractivity contribution is -0.145. The van der Waals surface area contributed by atoms with Gasteiger partial charge in [-0.25, -0.2) is 0 Å². The van der Waals surface area contributed by atoms with E-state index in [1.165, 1.54) is 11.1 Å². The Kier molecular flexibility index (Phi) is 16.7. The van der Waals surface area contributed by atoms with Crippen molar-refractivity contribution in [1.82, 2.24) is 41.7 Å². The topological polar surface area (TPSA) is 190 Å². The highest BCUT2D eigenvalue weighted by Crippen LogP contribution is 2.32. The molecule has 4 aliphatic rings. The Labute approximate surface area is 372 Å². The summed E-state index contributed by atoms with van der Waals surface area (Å²) in [5, 5.41) is 17.9. The number of nitrogens with one attached hydrogen (secondary N) is 6. The molecule has 2 aliphatic carbocycles. The molecule has 2 aromatic rings. The van der Waals surface area contributed by atoms with E-state index in [9.17, 15) is 28.8 Å². The zero-order chi connectivity index (χ0) is 45.0. The normalized spacial score (nSPS) is 22.7. The molecule has 0 spiro atoms. The molecule has 6 amide bonds. The minimum absolute atomic E-state index is 0.0472. The Morgan fingerprint density at radius 3 is 1.67 bits per heavy atom. The highest BCUT2D eigenvalue weighted by Gasteiger charge is 2.42. The molecule has 2 heterocycles. The lowest BCUT2D eigenvalue weighted by Gasteiger charge is -2.33. The van der Waals surface area contributed by atoms with E-state index in [1.54, 1.807) is 44.7 Å². The van der Waals surface area contributed by atoms with E-state index < -0.39 is 54.2 Å². The number of nitrogens with zero attached hydrogens (tertiary/aromatic N) is 2. The molecule has 0 aromatic heterocycles. The minimum Gasteiger partial charge on any atom is -0.363 e. The monoisotopic (exact) mass is 867 g/mol. The quantitative estimate of drug-likeness (QED) is 0.138. The molecule has 340 valence electrons. The largest absolute Gasteiger partial charge is 0.363 e. The first-order valence-corrected chi connectivity index (χ1v) is 22.8. The van der Waals surface area contributed by atoms with Gasteiger partial charge in [0.15, 0.2) is 0 Å². The highest BCUT2D eigenvalue weighted by molar-refractivity contribution is 5.95. The molecular formula is C48H66N8O7. The predicted octanol–water partition coefficient (Wildman–Crippen LogP) is 2.34. The fraction of sp³-hybridized carbons (Fsp3) is 0.583. The molecule has 0 unspecified atom stereocenters. The average molecular weight is 867 g/mol. The highest BCUT2D eigenvalue weighted by atomic mass is 16.5.